The predicted molar refractivity (Wildman–Crippen MR) is 114 cm³/mol. The highest BCUT2D eigenvalue weighted by molar-refractivity contribution is 5.92. The number of hydrogen-bond donors (Lipinski definition) is 3. The Balaban J connectivity index is 1.58. The van der Waals surface area contributed by atoms with Gasteiger partial charge in [-0.2, -0.15) is 0 Å². The SMILES string of the molecule is CN=C(NCc1cccc(C(N)=O)c1)NCC1(N2CCCCC2)CCCCC1. The molecule has 1 aromatic carbocycles. The topological polar surface area (TPSA) is 82.7 Å². The molecule has 1 amide bonds. The first-order valence-electron chi connectivity index (χ1n) is 10.7. The monoisotopic (exact) mass is 385 g/mol. The first kappa shape index (κ1) is 20.6. The number of nitrogens with zero attached hydrogens (tertiary/aromatic N) is 2. The molecule has 1 aromatic rings. The molecule has 0 unspecified atom stereocenters. The molecule has 6 heteroatoms. The van der Waals surface area contributed by atoms with Crippen LogP contribution in [0.1, 0.15) is 67.3 Å². The lowest BCUT2D eigenvalue weighted by Gasteiger charge is -2.48. The smallest absolute Gasteiger partial charge is 0.248 e. The highest BCUT2D eigenvalue weighted by atomic mass is 16.1. The first-order valence-corrected chi connectivity index (χ1v) is 10.7. The van der Waals surface area contributed by atoms with E-state index in [4.69, 9.17) is 5.73 Å². The Kier molecular flexibility index (Phi) is 7.31. The van der Waals surface area contributed by atoms with Crippen molar-refractivity contribution < 1.29 is 4.79 Å². The lowest BCUT2D eigenvalue weighted by molar-refractivity contribution is 0.0368. The van der Waals surface area contributed by atoms with Crippen molar-refractivity contribution in [3.8, 4) is 0 Å². The molecule has 1 aliphatic carbocycles. The average Bonchev–Trinajstić information content (AvgIpc) is 2.75. The molecule has 0 bridgehead atoms. The van der Waals surface area contributed by atoms with E-state index < -0.39 is 5.91 Å². The first-order chi connectivity index (χ1) is 13.6. The minimum absolute atomic E-state index is 0.266. The zero-order valence-corrected chi connectivity index (χ0v) is 17.2. The Hall–Kier alpha value is -2.08. The van der Waals surface area contributed by atoms with E-state index in [0.717, 1.165) is 18.1 Å². The van der Waals surface area contributed by atoms with E-state index in [2.05, 4.69) is 20.5 Å². The molecule has 154 valence electrons. The van der Waals surface area contributed by atoms with Crippen LogP contribution in [0.3, 0.4) is 0 Å². The minimum atomic E-state index is -0.398. The van der Waals surface area contributed by atoms with Gasteiger partial charge in [-0.05, 0) is 56.5 Å². The molecular formula is C22H35N5O. The Bertz CT molecular complexity index is 675. The molecule has 4 N–H and O–H groups in total. The number of guanidine groups is 1. The number of primary amides is 1. The van der Waals surface area contributed by atoms with Crippen LogP contribution < -0.4 is 16.4 Å². The van der Waals surface area contributed by atoms with Crippen LogP contribution in [0.5, 0.6) is 0 Å². The van der Waals surface area contributed by atoms with Gasteiger partial charge in [0.15, 0.2) is 5.96 Å². The van der Waals surface area contributed by atoms with Crippen molar-refractivity contribution in [3.63, 3.8) is 0 Å². The molecule has 0 spiro atoms. The maximum absolute atomic E-state index is 11.4. The molecule has 1 aliphatic heterocycles. The van der Waals surface area contributed by atoms with Gasteiger partial charge in [-0.3, -0.25) is 14.7 Å². The maximum Gasteiger partial charge on any atom is 0.248 e. The van der Waals surface area contributed by atoms with E-state index >= 15 is 0 Å². The van der Waals surface area contributed by atoms with E-state index in [0.29, 0.717) is 12.1 Å². The largest absolute Gasteiger partial charge is 0.366 e. The normalized spacial score (nSPS) is 20.5. The summed E-state index contributed by atoms with van der Waals surface area (Å²) < 4.78 is 0. The van der Waals surface area contributed by atoms with E-state index in [1.54, 1.807) is 6.07 Å². The van der Waals surface area contributed by atoms with Crippen LogP contribution in [-0.2, 0) is 6.54 Å². The lowest BCUT2D eigenvalue weighted by Crippen LogP contribution is -2.59. The number of likely N-dealkylation sites (tertiary alicyclic amines) is 1. The second-order valence-corrected chi connectivity index (χ2v) is 8.18. The highest BCUT2D eigenvalue weighted by Crippen LogP contribution is 2.35. The van der Waals surface area contributed by atoms with Gasteiger partial charge in [0, 0.05) is 31.2 Å². The molecule has 1 saturated carbocycles. The van der Waals surface area contributed by atoms with E-state index in [1.807, 2.05) is 25.2 Å². The third-order valence-electron chi connectivity index (χ3n) is 6.29. The number of aliphatic imine (C=N–C) groups is 1. The molecule has 0 atom stereocenters. The van der Waals surface area contributed by atoms with Crippen molar-refractivity contribution in [1.82, 2.24) is 15.5 Å². The Labute approximate surface area is 169 Å². The van der Waals surface area contributed by atoms with Crippen LogP contribution in [0, 0.1) is 0 Å². The summed E-state index contributed by atoms with van der Waals surface area (Å²) in [4.78, 5) is 18.5. The second kappa shape index (κ2) is 9.92. The van der Waals surface area contributed by atoms with Gasteiger partial charge < -0.3 is 16.4 Å². The maximum atomic E-state index is 11.4. The summed E-state index contributed by atoms with van der Waals surface area (Å²) in [5, 5.41) is 6.97. The summed E-state index contributed by atoms with van der Waals surface area (Å²) in [5.74, 6) is 0.413. The third-order valence-corrected chi connectivity index (χ3v) is 6.29. The van der Waals surface area contributed by atoms with Gasteiger partial charge in [0.05, 0.1) is 0 Å². The van der Waals surface area contributed by atoms with Crippen LogP contribution in [0.2, 0.25) is 0 Å². The van der Waals surface area contributed by atoms with Gasteiger partial charge >= 0.3 is 0 Å². The van der Waals surface area contributed by atoms with Crippen LogP contribution in [-0.4, -0.2) is 49.0 Å². The van der Waals surface area contributed by atoms with Crippen LogP contribution in [0.4, 0.5) is 0 Å². The van der Waals surface area contributed by atoms with Gasteiger partial charge in [0.25, 0.3) is 0 Å². The highest BCUT2D eigenvalue weighted by Gasteiger charge is 2.38. The zero-order chi connectivity index (χ0) is 19.8. The van der Waals surface area contributed by atoms with Crippen LogP contribution in [0.25, 0.3) is 0 Å². The molecule has 2 aliphatic rings. The standard InChI is InChI=1S/C22H35N5O/c1-24-21(25-16-18-9-8-10-19(15-18)20(23)28)26-17-22(11-4-2-5-12-22)27-13-6-3-7-14-27/h8-10,15H,2-7,11-14,16-17H2,1H3,(H2,23,28)(H2,24,25,26). The second-order valence-electron chi connectivity index (χ2n) is 8.18. The summed E-state index contributed by atoms with van der Waals surface area (Å²) >= 11 is 0. The Morgan fingerprint density at radius 2 is 1.82 bits per heavy atom. The Morgan fingerprint density at radius 1 is 1.11 bits per heavy atom. The van der Waals surface area contributed by atoms with Gasteiger partial charge in [-0.1, -0.05) is 37.8 Å². The molecule has 1 heterocycles. The van der Waals surface area contributed by atoms with Crippen molar-refractivity contribution in [1.29, 1.82) is 0 Å². The molecule has 3 rings (SSSR count). The van der Waals surface area contributed by atoms with Crippen LogP contribution >= 0.6 is 0 Å². The van der Waals surface area contributed by atoms with Gasteiger partial charge in [0.1, 0.15) is 0 Å². The lowest BCUT2D eigenvalue weighted by atomic mass is 9.79. The molecule has 1 saturated heterocycles. The summed E-state index contributed by atoms with van der Waals surface area (Å²) in [6.07, 6.45) is 10.6. The van der Waals surface area contributed by atoms with E-state index in [-0.39, 0.29) is 5.54 Å². The molecule has 0 radical (unpaired) electrons. The molecular weight excluding hydrogens is 350 g/mol. The van der Waals surface area contributed by atoms with Crippen molar-refractivity contribution in [2.24, 2.45) is 10.7 Å². The van der Waals surface area contributed by atoms with Gasteiger partial charge in [-0.15, -0.1) is 0 Å². The summed E-state index contributed by atoms with van der Waals surface area (Å²) in [6.45, 7) is 4.01. The van der Waals surface area contributed by atoms with E-state index in [1.165, 1.54) is 64.5 Å². The third kappa shape index (κ3) is 5.25. The average molecular weight is 386 g/mol. The van der Waals surface area contributed by atoms with Crippen molar-refractivity contribution in [2.75, 3.05) is 26.7 Å². The molecule has 6 nitrogen and oxygen atoms in total. The number of hydrogen-bond acceptors (Lipinski definition) is 3. The van der Waals surface area contributed by atoms with Gasteiger partial charge in [-0.25, -0.2) is 0 Å². The number of nitrogens with two attached hydrogens (primary N) is 1. The summed E-state index contributed by atoms with van der Waals surface area (Å²) in [7, 11) is 1.81. The van der Waals surface area contributed by atoms with E-state index in [9.17, 15) is 4.79 Å². The fourth-order valence-electron chi connectivity index (χ4n) is 4.67. The molecule has 28 heavy (non-hydrogen) atoms. The predicted octanol–water partition coefficient (Wildman–Crippen LogP) is 2.64. The van der Waals surface area contributed by atoms with Crippen molar-refractivity contribution >= 4 is 11.9 Å². The molecule has 0 aromatic heterocycles. The summed E-state index contributed by atoms with van der Waals surface area (Å²) in [5.41, 5.74) is 7.20. The number of carbonyl (C=O) groups is 1. The number of nitrogens with one attached hydrogen (secondary N) is 2. The quantitative estimate of drug-likeness (QED) is 0.519. The minimum Gasteiger partial charge on any atom is -0.366 e. The summed E-state index contributed by atoms with van der Waals surface area (Å²) in [6, 6.07) is 7.42. The number of benzene rings is 1. The number of amides is 1. The fourth-order valence-corrected chi connectivity index (χ4v) is 4.67. The fraction of sp³-hybridized carbons (Fsp3) is 0.636. The Morgan fingerprint density at radius 3 is 2.50 bits per heavy atom. The molecule has 2 fully saturated rings. The van der Waals surface area contributed by atoms with Gasteiger partial charge in [0.2, 0.25) is 5.91 Å². The van der Waals surface area contributed by atoms with Crippen molar-refractivity contribution in [3.05, 3.63) is 35.4 Å². The van der Waals surface area contributed by atoms with Crippen molar-refractivity contribution in [2.45, 2.75) is 63.5 Å². The number of rotatable bonds is 6. The zero-order valence-electron chi connectivity index (χ0n) is 17.2. The number of carbonyl (C=O) groups excluding carboxylic acids is 1. The van der Waals surface area contributed by atoms with Crippen LogP contribution in [0.15, 0.2) is 29.3 Å². The number of piperidine rings is 1.